The van der Waals surface area contributed by atoms with Crippen molar-refractivity contribution in [2.45, 2.75) is 6.42 Å². The maximum Gasteiger partial charge on any atom is 0.307 e. The van der Waals surface area contributed by atoms with Gasteiger partial charge in [0.25, 0.3) is 0 Å². The molecule has 1 heterocycles. The molecule has 1 aliphatic heterocycles. The van der Waals surface area contributed by atoms with E-state index in [-0.39, 0.29) is 6.42 Å². The Morgan fingerprint density at radius 1 is 1.17 bits per heavy atom. The van der Waals surface area contributed by atoms with Crippen molar-refractivity contribution in [3.8, 4) is 0 Å². The van der Waals surface area contributed by atoms with Gasteiger partial charge in [-0.05, 0) is 12.0 Å². The number of amides is 1. The van der Waals surface area contributed by atoms with Crippen LogP contribution in [0.1, 0.15) is 5.56 Å². The predicted molar refractivity (Wildman–Crippen MR) is 87.3 cm³/mol. The molecule has 2 rings (SSSR count). The minimum atomic E-state index is -3.81. The molecule has 1 saturated heterocycles. The van der Waals surface area contributed by atoms with Crippen LogP contribution in [0.4, 0.5) is 0 Å². The highest BCUT2D eigenvalue weighted by Gasteiger charge is 2.29. The number of sulfone groups is 1. The topological polar surface area (TPSA) is 101 Å². The van der Waals surface area contributed by atoms with E-state index in [9.17, 15) is 23.1 Å². The molecule has 0 bridgehead atoms. The molecule has 0 aliphatic carbocycles. The predicted octanol–water partition coefficient (Wildman–Crippen LogP) is 0.204. The van der Waals surface area contributed by atoms with Crippen molar-refractivity contribution >= 4 is 21.7 Å². The summed E-state index contributed by atoms with van der Waals surface area (Å²) in [6.45, 7) is 1.50. The van der Waals surface area contributed by atoms with Crippen molar-refractivity contribution in [3.05, 3.63) is 35.9 Å². The van der Waals surface area contributed by atoms with Crippen LogP contribution in [0.2, 0.25) is 0 Å². The second kappa shape index (κ2) is 8.25. The van der Waals surface area contributed by atoms with Gasteiger partial charge in [0.15, 0.2) is 9.84 Å². The van der Waals surface area contributed by atoms with Crippen molar-refractivity contribution in [1.82, 2.24) is 4.90 Å². The number of aliphatic carboxylic acids is 1. The minimum absolute atomic E-state index is 0.112. The molecule has 0 radical (unpaired) electrons. The molecule has 1 aromatic carbocycles. The van der Waals surface area contributed by atoms with Gasteiger partial charge >= 0.3 is 5.97 Å². The summed E-state index contributed by atoms with van der Waals surface area (Å²) < 4.78 is 29.6. The van der Waals surface area contributed by atoms with Crippen molar-refractivity contribution < 1.29 is 27.9 Å². The standard InChI is InChI=1S/C16H21NO6S/c18-15(17-6-8-23-9-7-17)12-24(21,22)11-14(16(19)20)10-13-4-2-1-3-5-13/h1-5,14H,6-12H2,(H,19,20). The molecule has 0 aromatic heterocycles. The molecular formula is C16H21NO6S. The first-order valence-corrected chi connectivity index (χ1v) is 9.52. The third-order valence-electron chi connectivity index (χ3n) is 3.84. The fraction of sp³-hybridized carbons (Fsp3) is 0.500. The quantitative estimate of drug-likeness (QED) is 0.750. The van der Waals surface area contributed by atoms with Gasteiger partial charge in [-0.3, -0.25) is 9.59 Å². The third kappa shape index (κ3) is 5.61. The number of hydrogen-bond acceptors (Lipinski definition) is 5. The second-order valence-corrected chi connectivity index (χ2v) is 7.88. The van der Waals surface area contributed by atoms with Crippen molar-refractivity contribution in [3.63, 3.8) is 0 Å². The molecule has 1 N–H and O–H groups in total. The fourth-order valence-electron chi connectivity index (χ4n) is 2.57. The molecule has 0 saturated carbocycles. The molecular weight excluding hydrogens is 334 g/mol. The Morgan fingerprint density at radius 3 is 2.38 bits per heavy atom. The summed E-state index contributed by atoms with van der Waals surface area (Å²) in [6, 6.07) is 8.84. The van der Waals surface area contributed by atoms with Crippen LogP contribution in [0.25, 0.3) is 0 Å². The molecule has 24 heavy (non-hydrogen) atoms. The van der Waals surface area contributed by atoms with Gasteiger partial charge < -0.3 is 14.7 Å². The van der Waals surface area contributed by atoms with Crippen LogP contribution in [0, 0.1) is 5.92 Å². The SMILES string of the molecule is O=C(O)C(Cc1ccccc1)CS(=O)(=O)CC(=O)N1CCOCC1. The van der Waals surface area contributed by atoms with Crippen LogP contribution >= 0.6 is 0 Å². The van der Waals surface area contributed by atoms with Crippen molar-refractivity contribution in [2.24, 2.45) is 5.92 Å². The van der Waals surface area contributed by atoms with Crippen LogP contribution in [-0.2, 0) is 30.6 Å². The number of carboxylic acids is 1. The lowest BCUT2D eigenvalue weighted by Gasteiger charge is -2.26. The summed E-state index contributed by atoms with van der Waals surface area (Å²) in [6.07, 6.45) is 0.112. The Hall–Kier alpha value is -1.93. The van der Waals surface area contributed by atoms with Crippen molar-refractivity contribution in [2.75, 3.05) is 37.8 Å². The van der Waals surface area contributed by atoms with Gasteiger partial charge in [-0.15, -0.1) is 0 Å². The van der Waals surface area contributed by atoms with E-state index in [2.05, 4.69) is 0 Å². The van der Waals surface area contributed by atoms with Crippen molar-refractivity contribution in [1.29, 1.82) is 0 Å². The normalized spacial score (nSPS) is 16.6. The number of morpholine rings is 1. The highest BCUT2D eigenvalue weighted by molar-refractivity contribution is 7.92. The lowest BCUT2D eigenvalue weighted by Crippen LogP contribution is -2.44. The Balaban J connectivity index is 1.99. The highest BCUT2D eigenvalue weighted by atomic mass is 32.2. The van der Waals surface area contributed by atoms with E-state index in [0.29, 0.717) is 26.3 Å². The van der Waals surface area contributed by atoms with Crippen LogP contribution < -0.4 is 0 Å². The lowest BCUT2D eigenvalue weighted by molar-refractivity contribution is -0.141. The van der Waals surface area contributed by atoms with Gasteiger partial charge in [0.1, 0.15) is 5.75 Å². The molecule has 1 aromatic rings. The highest BCUT2D eigenvalue weighted by Crippen LogP contribution is 2.13. The largest absolute Gasteiger partial charge is 0.481 e. The summed E-state index contributed by atoms with van der Waals surface area (Å²) in [5.74, 6) is -3.96. The van der Waals surface area contributed by atoms with E-state index in [0.717, 1.165) is 5.56 Å². The number of hydrogen-bond donors (Lipinski definition) is 1. The van der Waals surface area contributed by atoms with E-state index in [1.807, 2.05) is 0 Å². The molecule has 1 unspecified atom stereocenters. The number of rotatable bonds is 7. The van der Waals surface area contributed by atoms with Gasteiger partial charge in [0.05, 0.1) is 24.9 Å². The lowest BCUT2D eigenvalue weighted by atomic mass is 10.0. The Bertz CT molecular complexity index is 667. The molecule has 8 heteroatoms. The summed E-state index contributed by atoms with van der Waals surface area (Å²) in [5.41, 5.74) is 0.750. The minimum Gasteiger partial charge on any atom is -0.481 e. The van der Waals surface area contributed by atoms with E-state index >= 15 is 0 Å². The first-order valence-electron chi connectivity index (χ1n) is 7.70. The van der Waals surface area contributed by atoms with Crippen LogP contribution in [0.15, 0.2) is 30.3 Å². The van der Waals surface area contributed by atoms with E-state index in [1.165, 1.54) is 4.90 Å². The summed E-state index contributed by atoms with van der Waals surface area (Å²) in [7, 11) is -3.81. The maximum absolute atomic E-state index is 12.2. The van der Waals surface area contributed by atoms with Crippen LogP contribution in [-0.4, -0.2) is 68.1 Å². The zero-order valence-corrected chi connectivity index (χ0v) is 14.1. The number of benzene rings is 1. The third-order valence-corrected chi connectivity index (χ3v) is 5.43. The summed E-state index contributed by atoms with van der Waals surface area (Å²) in [5, 5.41) is 9.30. The Labute approximate surface area is 141 Å². The number of carboxylic acid groups (broad SMARTS) is 1. The monoisotopic (exact) mass is 355 g/mol. The van der Waals surface area contributed by atoms with Gasteiger partial charge in [0, 0.05) is 13.1 Å². The van der Waals surface area contributed by atoms with Gasteiger partial charge in [-0.2, -0.15) is 0 Å². The molecule has 1 atom stereocenters. The average molecular weight is 355 g/mol. The molecule has 0 spiro atoms. The number of ether oxygens (including phenoxy) is 1. The summed E-state index contributed by atoms with van der Waals surface area (Å²) >= 11 is 0. The van der Waals surface area contributed by atoms with E-state index in [4.69, 9.17) is 4.74 Å². The smallest absolute Gasteiger partial charge is 0.307 e. The van der Waals surface area contributed by atoms with Gasteiger partial charge in [-0.1, -0.05) is 30.3 Å². The number of nitrogens with zero attached hydrogens (tertiary/aromatic N) is 1. The molecule has 7 nitrogen and oxygen atoms in total. The fourth-order valence-corrected chi connectivity index (χ4v) is 4.12. The number of carbonyl (C=O) groups is 2. The van der Waals surface area contributed by atoms with E-state index < -0.39 is 39.1 Å². The molecule has 1 fully saturated rings. The first-order chi connectivity index (χ1) is 11.4. The Morgan fingerprint density at radius 2 is 1.79 bits per heavy atom. The average Bonchev–Trinajstić information content (AvgIpc) is 2.55. The van der Waals surface area contributed by atoms with Crippen LogP contribution in [0.5, 0.6) is 0 Å². The number of carbonyl (C=O) groups excluding carboxylic acids is 1. The molecule has 132 valence electrons. The Kier molecular flexibility index (Phi) is 6.33. The summed E-state index contributed by atoms with van der Waals surface area (Å²) in [4.78, 5) is 24.9. The van der Waals surface area contributed by atoms with E-state index in [1.54, 1.807) is 30.3 Å². The van der Waals surface area contributed by atoms with Gasteiger partial charge in [0.2, 0.25) is 5.91 Å². The molecule has 1 aliphatic rings. The maximum atomic E-state index is 12.2. The van der Waals surface area contributed by atoms with Crippen LogP contribution in [0.3, 0.4) is 0 Å². The molecule has 1 amide bonds. The zero-order chi connectivity index (χ0) is 17.6. The first kappa shape index (κ1) is 18.4. The van der Waals surface area contributed by atoms with Gasteiger partial charge in [-0.25, -0.2) is 8.42 Å². The second-order valence-electron chi connectivity index (χ2n) is 5.77. The zero-order valence-electron chi connectivity index (χ0n) is 13.3.